The Hall–Kier alpha value is -4.69. The van der Waals surface area contributed by atoms with Crippen molar-refractivity contribution < 1.29 is 9.53 Å². The summed E-state index contributed by atoms with van der Waals surface area (Å²) in [4.78, 5) is 17.2. The van der Waals surface area contributed by atoms with Gasteiger partial charge in [0.15, 0.2) is 0 Å². The van der Waals surface area contributed by atoms with Crippen LogP contribution >= 0.6 is 0 Å². The molecule has 5 rings (SSSR count). The summed E-state index contributed by atoms with van der Waals surface area (Å²) in [5.41, 5.74) is 9.12. The van der Waals surface area contributed by atoms with E-state index in [4.69, 9.17) is 15.6 Å². The number of carbonyl (C=O) groups excluding carboxylic acids is 1. The van der Waals surface area contributed by atoms with E-state index in [1.165, 1.54) is 0 Å². The van der Waals surface area contributed by atoms with Gasteiger partial charge in [-0.25, -0.2) is 9.48 Å². The second-order valence-electron chi connectivity index (χ2n) is 10.0. The van der Waals surface area contributed by atoms with Gasteiger partial charge in [0.2, 0.25) is 0 Å². The highest BCUT2D eigenvalue weighted by Gasteiger charge is 2.22. The minimum Gasteiger partial charge on any atom is -0.456 e. The summed E-state index contributed by atoms with van der Waals surface area (Å²) in [6, 6.07) is 24.5. The molecule has 0 fully saturated rings. The summed E-state index contributed by atoms with van der Waals surface area (Å²) in [6.07, 6.45) is 3.31. The zero-order valence-corrected chi connectivity index (χ0v) is 21.6. The average molecular weight is 507 g/mol. The van der Waals surface area contributed by atoms with Crippen molar-refractivity contribution in [3.63, 3.8) is 0 Å². The van der Waals surface area contributed by atoms with Crippen LogP contribution in [0.4, 0.5) is 16.3 Å². The Morgan fingerprint density at radius 1 is 0.947 bits per heavy atom. The molecule has 8 nitrogen and oxygen atoms in total. The smallest absolute Gasteiger partial charge is 0.324 e. The number of urea groups is 1. The maximum Gasteiger partial charge on any atom is 0.324 e. The molecule has 2 heterocycles. The number of ether oxygens (including phenoxy) is 1. The van der Waals surface area contributed by atoms with Crippen LogP contribution in [0.5, 0.6) is 11.5 Å². The van der Waals surface area contributed by atoms with Crippen molar-refractivity contribution in [3.8, 4) is 17.2 Å². The first kappa shape index (κ1) is 25.0. The third-order valence-corrected chi connectivity index (χ3v) is 6.08. The highest BCUT2D eigenvalue weighted by molar-refractivity contribution is 5.99. The van der Waals surface area contributed by atoms with Gasteiger partial charge in [0, 0.05) is 36.0 Å². The van der Waals surface area contributed by atoms with Gasteiger partial charge in [0.25, 0.3) is 0 Å². The van der Waals surface area contributed by atoms with Crippen LogP contribution in [0.1, 0.15) is 32.0 Å². The van der Waals surface area contributed by atoms with E-state index >= 15 is 0 Å². The molecule has 0 saturated carbocycles. The van der Waals surface area contributed by atoms with Crippen molar-refractivity contribution in [2.75, 3.05) is 10.6 Å². The Labute approximate surface area is 221 Å². The van der Waals surface area contributed by atoms with Gasteiger partial charge in [-0.05, 0) is 52.7 Å². The number of anilines is 2. The molecule has 0 aliphatic heterocycles. The van der Waals surface area contributed by atoms with Crippen LogP contribution in [0.3, 0.4) is 0 Å². The summed E-state index contributed by atoms with van der Waals surface area (Å²) < 4.78 is 7.59. The molecule has 0 bridgehead atoms. The average Bonchev–Trinajstić information content (AvgIpc) is 3.33. The van der Waals surface area contributed by atoms with Gasteiger partial charge in [-0.1, -0.05) is 51.1 Å². The third-order valence-electron chi connectivity index (χ3n) is 6.08. The number of fused-ring (bicyclic) bond motifs is 1. The van der Waals surface area contributed by atoms with Gasteiger partial charge in [-0.2, -0.15) is 5.10 Å². The third kappa shape index (κ3) is 5.50. The van der Waals surface area contributed by atoms with Crippen molar-refractivity contribution in [1.82, 2.24) is 14.8 Å². The molecule has 3 aromatic carbocycles. The quantitative estimate of drug-likeness (QED) is 0.240. The van der Waals surface area contributed by atoms with Gasteiger partial charge in [-0.15, -0.1) is 0 Å². The van der Waals surface area contributed by atoms with E-state index in [0.717, 1.165) is 27.7 Å². The van der Waals surface area contributed by atoms with E-state index in [9.17, 15) is 4.79 Å². The molecule has 192 valence electrons. The lowest BCUT2D eigenvalue weighted by Gasteiger charge is -2.14. The van der Waals surface area contributed by atoms with E-state index < -0.39 is 6.03 Å². The minimum atomic E-state index is -0.398. The van der Waals surface area contributed by atoms with Gasteiger partial charge in [-0.3, -0.25) is 10.3 Å². The minimum absolute atomic E-state index is 0.219. The number of nitrogens with one attached hydrogen (secondary N) is 2. The Kier molecular flexibility index (Phi) is 6.81. The number of nitrogens with zero attached hydrogens (tertiary/aromatic N) is 3. The molecule has 0 radical (unpaired) electrons. The first-order chi connectivity index (χ1) is 18.3. The molecule has 0 unspecified atom stereocenters. The predicted molar refractivity (Wildman–Crippen MR) is 151 cm³/mol. The van der Waals surface area contributed by atoms with Crippen molar-refractivity contribution in [2.45, 2.75) is 32.7 Å². The van der Waals surface area contributed by atoms with E-state index in [2.05, 4.69) is 48.5 Å². The zero-order valence-electron chi connectivity index (χ0n) is 21.6. The van der Waals surface area contributed by atoms with Crippen molar-refractivity contribution >= 4 is 28.3 Å². The molecular formula is C30H30N6O2. The van der Waals surface area contributed by atoms with Gasteiger partial charge in [0.05, 0.1) is 17.6 Å². The zero-order chi connectivity index (χ0) is 26.7. The maximum absolute atomic E-state index is 13.1. The molecule has 2 aromatic heterocycles. The molecular weight excluding hydrogens is 476 g/mol. The van der Waals surface area contributed by atoms with E-state index in [1.54, 1.807) is 35.3 Å². The Morgan fingerprint density at radius 3 is 2.53 bits per heavy atom. The molecule has 4 N–H and O–H groups in total. The van der Waals surface area contributed by atoms with Crippen LogP contribution in [0.15, 0.2) is 91.3 Å². The van der Waals surface area contributed by atoms with E-state index in [-0.39, 0.29) is 5.41 Å². The lowest BCUT2D eigenvalue weighted by Crippen LogP contribution is -2.21. The molecule has 38 heavy (non-hydrogen) atoms. The summed E-state index contributed by atoms with van der Waals surface area (Å²) >= 11 is 0. The monoisotopic (exact) mass is 506 g/mol. The summed E-state index contributed by atoms with van der Waals surface area (Å²) in [5.74, 6) is 1.75. The number of nitrogens with two attached hydrogens (primary N) is 1. The number of hydrogen-bond acceptors (Lipinski definition) is 5. The molecule has 0 atom stereocenters. The number of benzene rings is 3. The number of carbonyl (C=O) groups is 1. The Balaban J connectivity index is 1.43. The number of rotatable bonds is 6. The first-order valence-electron chi connectivity index (χ1n) is 12.4. The van der Waals surface area contributed by atoms with Gasteiger partial charge in [0.1, 0.15) is 17.3 Å². The highest BCUT2D eigenvalue weighted by Crippen LogP contribution is 2.30. The largest absolute Gasteiger partial charge is 0.456 e. The van der Waals surface area contributed by atoms with E-state index in [1.807, 2.05) is 48.5 Å². The Morgan fingerprint density at radius 2 is 1.76 bits per heavy atom. The lowest BCUT2D eigenvalue weighted by molar-refractivity contribution is 0.262. The SMILES string of the molecule is CC(C)(C)c1cc(NC(=O)Nc2cccc(Oc3cccnc3)c2)n(-c2cc(CN)c3ccccc3c2)n1. The number of pyridine rings is 1. The first-order valence-corrected chi connectivity index (χ1v) is 12.4. The molecule has 0 aliphatic carbocycles. The molecule has 0 spiro atoms. The van der Waals surface area contributed by atoms with Crippen molar-refractivity contribution in [1.29, 1.82) is 0 Å². The summed E-state index contributed by atoms with van der Waals surface area (Å²) in [7, 11) is 0. The van der Waals surface area contributed by atoms with Crippen LogP contribution in [0, 0.1) is 0 Å². The molecule has 8 heteroatoms. The molecule has 0 aliphatic rings. The molecule has 2 amide bonds. The van der Waals surface area contributed by atoms with Gasteiger partial charge >= 0.3 is 6.03 Å². The standard InChI is InChI=1S/C30H30N6O2/c1-30(2,3)27-17-28(36(35-27)23-14-20-8-4-5-12-26(20)21(15-23)18-31)34-29(37)33-22-9-6-10-24(16-22)38-25-11-7-13-32-19-25/h4-17,19H,18,31H2,1-3H3,(H2,33,34,37). The summed E-state index contributed by atoms with van der Waals surface area (Å²) in [6.45, 7) is 6.65. The number of amides is 2. The topological polar surface area (TPSA) is 107 Å². The predicted octanol–water partition coefficient (Wildman–Crippen LogP) is 6.61. The summed E-state index contributed by atoms with van der Waals surface area (Å²) in [5, 5.41) is 12.9. The second-order valence-corrected chi connectivity index (χ2v) is 10.0. The maximum atomic E-state index is 13.1. The fraction of sp³-hybridized carbons (Fsp3) is 0.167. The molecule has 5 aromatic rings. The van der Waals surface area contributed by atoms with Crippen LogP contribution < -0.4 is 21.1 Å². The van der Waals surface area contributed by atoms with Crippen molar-refractivity contribution in [2.24, 2.45) is 5.73 Å². The highest BCUT2D eigenvalue weighted by atomic mass is 16.5. The van der Waals surface area contributed by atoms with Crippen LogP contribution in [-0.2, 0) is 12.0 Å². The second kappa shape index (κ2) is 10.4. The number of aromatic nitrogens is 3. The van der Waals surface area contributed by atoms with Crippen LogP contribution in [0.25, 0.3) is 16.5 Å². The fourth-order valence-corrected chi connectivity index (χ4v) is 4.16. The fourth-order valence-electron chi connectivity index (χ4n) is 4.16. The van der Waals surface area contributed by atoms with Crippen LogP contribution in [-0.4, -0.2) is 20.8 Å². The van der Waals surface area contributed by atoms with Crippen molar-refractivity contribution in [3.05, 3.63) is 103 Å². The Bertz CT molecular complexity index is 1590. The van der Waals surface area contributed by atoms with Gasteiger partial charge < -0.3 is 15.8 Å². The number of hydrogen-bond donors (Lipinski definition) is 3. The normalized spacial score (nSPS) is 11.4. The molecule has 0 saturated heterocycles. The van der Waals surface area contributed by atoms with E-state index in [0.29, 0.717) is 29.5 Å². The van der Waals surface area contributed by atoms with Crippen LogP contribution in [0.2, 0.25) is 0 Å². The lowest BCUT2D eigenvalue weighted by atomic mass is 9.92.